The van der Waals surface area contributed by atoms with Crippen molar-refractivity contribution in [3.8, 4) is 0 Å². The van der Waals surface area contributed by atoms with E-state index >= 15 is 0 Å². The van der Waals surface area contributed by atoms with Crippen molar-refractivity contribution in [2.45, 2.75) is 12.8 Å². The van der Waals surface area contributed by atoms with Gasteiger partial charge in [0.05, 0.1) is 11.8 Å². The van der Waals surface area contributed by atoms with Gasteiger partial charge in [0.15, 0.2) is 0 Å². The fourth-order valence-electron chi connectivity index (χ4n) is 3.03. The SMILES string of the molecule is O=C(Cl)[C@H]1CC(=O)N(c2ccc(N3C[C@@H](C(=O)Cl)CC3=O)cc2)C1. The Hall–Kier alpha value is -1.92. The van der Waals surface area contributed by atoms with Crippen LogP contribution in [0.5, 0.6) is 0 Å². The van der Waals surface area contributed by atoms with E-state index in [1.165, 1.54) is 9.80 Å². The number of nitrogens with zero attached hydrogens (tertiary/aromatic N) is 2. The fourth-order valence-corrected chi connectivity index (χ4v) is 3.32. The Morgan fingerprint density at radius 2 is 1.12 bits per heavy atom. The lowest BCUT2D eigenvalue weighted by Crippen LogP contribution is -2.26. The van der Waals surface area contributed by atoms with Crippen molar-refractivity contribution in [1.29, 1.82) is 0 Å². The van der Waals surface area contributed by atoms with Crippen LogP contribution in [0, 0.1) is 11.8 Å². The second-order valence-electron chi connectivity index (χ2n) is 5.94. The third kappa shape index (κ3) is 3.16. The predicted octanol–water partition coefficient (Wildman–Crippen LogP) is 1.92. The average molecular weight is 369 g/mol. The zero-order valence-electron chi connectivity index (χ0n) is 12.6. The van der Waals surface area contributed by atoms with Gasteiger partial charge >= 0.3 is 0 Å². The summed E-state index contributed by atoms with van der Waals surface area (Å²) in [6, 6.07) is 6.82. The molecule has 2 saturated heterocycles. The first-order valence-electron chi connectivity index (χ1n) is 7.46. The van der Waals surface area contributed by atoms with Crippen LogP contribution in [0.15, 0.2) is 24.3 Å². The number of carbonyl (C=O) groups is 4. The highest BCUT2D eigenvalue weighted by Crippen LogP contribution is 2.31. The van der Waals surface area contributed by atoms with Crippen LogP contribution in [0.25, 0.3) is 0 Å². The lowest BCUT2D eigenvalue weighted by atomic mass is 10.1. The molecule has 0 N–H and O–H groups in total. The highest BCUT2D eigenvalue weighted by Gasteiger charge is 2.36. The molecule has 0 bridgehead atoms. The molecule has 0 saturated carbocycles. The summed E-state index contributed by atoms with van der Waals surface area (Å²) >= 11 is 10.9. The van der Waals surface area contributed by atoms with E-state index in [9.17, 15) is 19.2 Å². The topological polar surface area (TPSA) is 74.8 Å². The van der Waals surface area contributed by atoms with Gasteiger partial charge in [0, 0.05) is 37.3 Å². The van der Waals surface area contributed by atoms with Gasteiger partial charge in [-0.2, -0.15) is 0 Å². The summed E-state index contributed by atoms with van der Waals surface area (Å²) in [5, 5.41) is -1.02. The van der Waals surface area contributed by atoms with Crippen LogP contribution in [0.2, 0.25) is 0 Å². The monoisotopic (exact) mass is 368 g/mol. The molecule has 8 heteroatoms. The molecule has 0 radical (unpaired) electrons. The molecular weight excluding hydrogens is 355 g/mol. The molecule has 126 valence electrons. The Kier molecular flexibility index (Phi) is 4.60. The van der Waals surface area contributed by atoms with Crippen LogP contribution in [-0.2, 0) is 19.2 Å². The van der Waals surface area contributed by atoms with Gasteiger partial charge in [-0.25, -0.2) is 0 Å². The first-order chi connectivity index (χ1) is 11.4. The maximum Gasteiger partial charge on any atom is 0.227 e. The van der Waals surface area contributed by atoms with Crippen molar-refractivity contribution in [3.63, 3.8) is 0 Å². The smallest absolute Gasteiger partial charge is 0.227 e. The largest absolute Gasteiger partial charge is 0.312 e. The Balaban J connectivity index is 1.75. The summed E-state index contributed by atoms with van der Waals surface area (Å²) in [4.78, 5) is 49.5. The van der Waals surface area contributed by atoms with Gasteiger partial charge in [0.1, 0.15) is 0 Å². The van der Waals surface area contributed by atoms with Crippen LogP contribution in [0.3, 0.4) is 0 Å². The van der Waals surface area contributed by atoms with Crippen molar-refractivity contribution >= 4 is 56.9 Å². The number of anilines is 2. The highest BCUT2D eigenvalue weighted by atomic mass is 35.5. The van der Waals surface area contributed by atoms with Crippen molar-refractivity contribution < 1.29 is 19.2 Å². The lowest BCUT2D eigenvalue weighted by Gasteiger charge is -2.20. The van der Waals surface area contributed by atoms with Gasteiger partial charge < -0.3 is 9.80 Å². The molecule has 2 aliphatic rings. The first-order valence-corrected chi connectivity index (χ1v) is 8.22. The van der Waals surface area contributed by atoms with Crippen molar-refractivity contribution in [3.05, 3.63) is 24.3 Å². The average Bonchev–Trinajstić information content (AvgIpc) is 3.11. The summed E-state index contributed by atoms with van der Waals surface area (Å²) in [6.45, 7) is 0.512. The van der Waals surface area contributed by atoms with E-state index in [0.29, 0.717) is 11.4 Å². The predicted molar refractivity (Wildman–Crippen MR) is 89.1 cm³/mol. The van der Waals surface area contributed by atoms with Crippen LogP contribution in [0.4, 0.5) is 11.4 Å². The minimum absolute atomic E-state index is 0.105. The number of halogens is 2. The number of hydrogen-bond donors (Lipinski definition) is 0. The summed E-state index contributed by atoms with van der Waals surface area (Å²) in [5.41, 5.74) is 1.28. The molecule has 0 aliphatic carbocycles. The Bertz CT molecular complexity index is 658. The van der Waals surface area contributed by atoms with Gasteiger partial charge in [-0.15, -0.1) is 0 Å². The fraction of sp³-hybridized carbons (Fsp3) is 0.375. The lowest BCUT2D eigenvalue weighted by molar-refractivity contribution is -0.120. The summed E-state index contributed by atoms with van der Waals surface area (Å²) in [5.74, 6) is -1.30. The van der Waals surface area contributed by atoms with Crippen LogP contribution in [-0.4, -0.2) is 35.4 Å². The third-order valence-corrected chi connectivity index (χ3v) is 4.98. The van der Waals surface area contributed by atoms with E-state index in [0.717, 1.165) is 0 Å². The molecule has 2 aliphatic heterocycles. The second kappa shape index (κ2) is 6.53. The number of benzene rings is 1. The van der Waals surface area contributed by atoms with Gasteiger partial charge in [0.25, 0.3) is 0 Å². The van der Waals surface area contributed by atoms with E-state index in [4.69, 9.17) is 23.2 Å². The van der Waals surface area contributed by atoms with Gasteiger partial charge in [-0.3, -0.25) is 19.2 Å². The Morgan fingerprint density at radius 1 is 0.792 bits per heavy atom. The molecule has 6 nitrogen and oxygen atoms in total. The molecule has 1 aromatic rings. The Labute approximate surface area is 148 Å². The zero-order chi connectivity index (χ0) is 17.4. The van der Waals surface area contributed by atoms with Crippen molar-refractivity contribution in [2.75, 3.05) is 22.9 Å². The standard InChI is InChI=1S/C16H14Cl2N2O4/c17-15(23)9-5-13(21)19(7-9)11-1-2-12(4-3-11)20-8-10(16(18)24)6-14(20)22/h1-4,9-10H,5-8H2/t9-,10-/m0/s1. The van der Waals surface area contributed by atoms with Gasteiger partial charge in [0.2, 0.25) is 22.3 Å². The molecule has 24 heavy (non-hydrogen) atoms. The first kappa shape index (κ1) is 16.9. The summed E-state index contributed by atoms with van der Waals surface area (Å²) in [6.07, 6.45) is 0.211. The van der Waals surface area contributed by atoms with Crippen molar-refractivity contribution in [1.82, 2.24) is 0 Å². The minimum Gasteiger partial charge on any atom is -0.312 e. The van der Waals surface area contributed by atoms with E-state index in [1.54, 1.807) is 24.3 Å². The molecular formula is C16H14Cl2N2O4. The van der Waals surface area contributed by atoms with Crippen LogP contribution in [0.1, 0.15) is 12.8 Å². The van der Waals surface area contributed by atoms with E-state index in [-0.39, 0.29) is 37.7 Å². The van der Waals surface area contributed by atoms with Gasteiger partial charge in [-0.1, -0.05) is 0 Å². The molecule has 0 aromatic heterocycles. The van der Waals surface area contributed by atoms with Crippen LogP contribution < -0.4 is 9.80 Å². The number of hydrogen-bond acceptors (Lipinski definition) is 4. The number of carbonyl (C=O) groups excluding carboxylic acids is 4. The molecule has 2 heterocycles. The van der Waals surface area contributed by atoms with Gasteiger partial charge in [-0.05, 0) is 47.5 Å². The van der Waals surface area contributed by atoms with Crippen LogP contribution >= 0.6 is 23.2 Å². The number of rotatable bonds is 4. The summed E-state index contributed by atoms with van der Waals surface area (Å²) < 4.78 is 0. The molecule has 2 amide bonds. The third-order valence-electron chi connectivity index (χ3n) is 4.37. The van der Waals surface area contributed by atoms with E-state index in [2.05, 4.69) is 0 Å². The van der Waals surface area contributed by atoms with Crippen molar-refractivity contribution in [2.24, 2.45) is 11.8 Å². The normalized spacial score (nSPS) is 23.9. The maximum absolute atomic E-state index is 12.0. The second-order valence-corrected chi connectivity index (χ2v) is 6.68. The zero-order valence-corrected chi connectivity index (χ0v) is 14.1. The molecule has 3 rings (SSSR count). The van der Waals surface area contributed by atoms with E-state index in [1.807, 2.05) is 0 Å². The molecule has 2 fully saturated rings. The number of amides is 2. The molecule has 2 atom stereocenters. The highest BCUT2D eigenvalue weighted by molar-refractivity contribution is 6.64. The molecule has 0 spiro atoms. The molecule has 0 unspecified atom stereocenters. The summed E-state index contributed by atoms with van der Waals surface area (Å²) in [7, 11) is 0. The molecule has 1 aromatic carbocycles. The van der Waals surface area contributed by atoms with E-state index < -0.39 is 22.3 Å². The Morgan fingerprint density at radius 3 is 1.38 bits per heavy atom. The quantitative estimate of drug-likeness (QED) is 0.760. The minimum atomic E-state index is -0.512. The maximum atomic E-state index is 12.0.